The molecule has 2 amide bonds. The standard InChI is InChI=1S/C13H23N3O8S/c1-5(18)14-10(13(2,3)25-16-23)11(22)15-12-9(21)8(20)7(19)6(4-17)24-12/h6-10,12,17,19-21H,4H2,1-3H3,(H,14,18)(H,15,22)/t6-,7-,8+,9-,10+,12-/m1/s1. The maximum absolute atomic E-state index is 12.5. The predicted octanol–water partition coefficient (Wildman–Crippen LogP) is -2.40. The van der Waals surface area contributed by atoms with Crippen LogP contribution >= 0.6 is 11.9 Å². The van der Waals surface area contributed by atoms with Crippen molar-refractivity contribution in [2.24, 2.45) is 4.58 Å². The minimum absolute atomic E-state index is 0.534. The summed E-state index contributed by atoms with van der Waals surface area (Å²) in [4.78, 5) is 34.4. The molecular formula is C13H23N3O8S. The van der Waals surface area contributed by atoms with Crippen molar-refractivity contribution in [3.63, 3.8) is 0 Å². The van der Waals surface area contributed by atoms with E-state index in [9.17, 15) is 29.8 Å². The Labute approximate surface area is 148 Å². The number of carbonyl (C=O) groups is 2. The Balaban J connectivity index is 2.94. The highest BCUT2D eigenvalue weighted by Gasteiger charge is 2.46. The molecule has 1 aliphatic heterocycles. The van der Waals surface area contributed by atoms with Crippen LogP contribution in [0.15, 0.2) is 4.58 Å². The van der Waals surface area contributed by atoms with Gasteiger partial charge in [0.1, 0.15) is 30.5 Å². The van der Waals surface area contributed by atoms with Gasteiger partial charge in [-0.15, -0.1) is 4.91 Å². The van der Waals surface area contributed by atoms with E-state index in [1.807, 2.05) is 0 Å². The molecule has 0 aromatic heterocycles. The van der Waals surface area contributed by atoms with E-state index in [0.29, 0.717) is 11.9 Å². The van der Waals surface area contributed by atoms with E-state index < -0.39 is 59.9 Å². The molecule has 11 nitrogen and oxygen atoms in total. The van der Waals surface area contributed by atoms with Crippen LogP contribution in [0.3, 0.4) is 0 Å². The molecule has 0 aliphatic carbocycles. The molecule has 1 rings (SSSR count). The van der Waals surface area contributed by atoms with Crippen molar-refractivity contribution < 1.29 is 34.8 Å². The van der Waals surface area contributed by atoms with E-state index >= 15 is 0 Å². The number of nitroso groups, excluding NO2 is 1. The average Bonchev–Trinajstić information content (AvgIpc) is 2.52. The van der Waals surface area contributed by atoms with Crippen molar-refractivity contribution in [2.45, 2.75) is 62.2 Å². The molecule has 1 aliphatic rings. The molecule has 0 aromatic carbocycles. The van der Waals surface area contributed by atoms with Crippen LogP contribution in [0.2, 0.25) is 0 Å². The Morgan fingerprint density at radius 2 is 1.84 bits per heavy atom. The third-order valence-electron chi connectivity index (χ3n) is 3.75. The normalized spacial score (nSPS) is 31.1. The van der Waals surface area contributed by atoms with Crippen LogP contribution in [0.1, 0.15) is 20.8 Å². The zero-order chi connectivity index (χ0) is 19.4. The molecule has 0 bridgehead atoms. The van der Waals surface area contributed by atoms with E-state index in [0.717, 1.165) is 0 Å². The molecule has 12 heteroatoms. The molecule has 144 valence electrons. The lowest BCUT2D eigenvalue weighted by Gasteiger charge is -2.41. The van der Waals surface area contributed by atoms with Gasteiger partial charge in [0.25, 0.3) is 0 Å². The van der Waals surface area contributed by atoms with Gasteiger partial charge in [0, 0.05) is 23.5 Å². The lowest BCUT2D eigenvalue weighted by Crippen LogP contribution is -2.66. The first kappa shape index (κ1) is 21.7. The van der Waals surface area contributed by atoms with Crippen molar-refractivity contribution in [3.05, 3.63) is 4.91 Å². The van der Waals surface area contributed by atoms with Crippen molar-refractivity contribution in [1.82, 2.24) is 10.6 Å². The highest BCUT2D eigenvalue weighted by molar-refractivity contribution is 7.99. The van der Waals surface area contributed by atoms with Crippen molar-refractivity contribution in [3.8, 4) is 0 Å². The molecule has 1 heterocycles. The molecule has 6 atom stereocenters. The van der Waals surface area contributed by atoms with E-state index in [1.165, 1.54) is 20.8 Å². The summed E-state index contributed by atoms with van der Waals surface area (Å²) in [6.45, 7) is 3.55. The number of rotatable bonds is 7. The number of carbonyl (C=O) groups excluding carboxylic acids is 2. The number of ether oxygens (including phenoxy) is 1. The van der Waals surface area contributed by atoms with Gasteiger partial charge in [-0.25, -0.2) is 0 Å². The van der Waals surface area contributed by atoms with Crippen LogP contribution in [0, 0.1) is 4.91 Å². The second-order valence-electron chi connectivity index (χ2n) is 6.16. The number of aliphatic hydroxyl groups is 4. The summed E-state index contributed by atoms with van der Waals surface area (Å²) in [7, 11) is 0. The van der Waals surface area contributed by atoms with Crippen LogP contribution in [0.4, 0.5) is 0 Å². The monoisotopic (exact) mass is 381 g/mol. The average molecular weight is 381 g/mol. The fourth-order valence-electron chi connectivity index (χ4n) is 2.35. The van der Waals surface area contributed by atoms with Crippen molar-refractivity contribution in [1.29, 1.82) is 0 Å². The van der Waals surface area contributed by atoms with Crippen LogP contribution in [0.5, 0.6) is 0 Å². The largest absolute Gasteiger partial charge is 0.394 e. The Morgan fingerprint density at radius 1 is 1.24 bits per heavy atom. The SMILES string of the molecule is CC(=O)N[C@@H](C(=O)N[C@@H]1O[C@H](CO)[C@@H](O)[C@H](O)[C@H]1O)C(C)(C)SN=O. The molecule has 0 spiro atoms. The first-order valence-electron chi connectivity index (χ1n) is 7.44. The fourth-order valence-corrected chi connectivity index (χ4v) is 2.81. The minimum Gasteiger partial charge on any atom is -0.394 e. The fraction of sp³-hybridized carbons (Fsp3) is 0.846. The Morgan fingerprint density at radius 3 is 2.32 bits per heavy atom. The summed E-state index contributed by atoms with van der Waals surface area (Å²) in [6.07, 6.45) is -7.52. The van der Waals surface area contributed by atoms with E-state index in [2.05, 4.69) is 15.2 Å². The predicted molar refractivity (Wildman–Crippen MR) is 87.0 cm³/mol. The number of amides is 2. The van der Waals surface area contributed by atoms with Gasteiger partial charge >= 0.3 is 0 Å². The number of hydrogen-bond donors (Lipinski definition) is 6. The minimum atomic E-state index is -1.67. The smallest absolute Gasteiger partial charge is 0.246 e. The second-order valence-corrected chi connectivity index (χ2v) is 7.54. The topological polar surface area (TPSA) is 178 Å². The van der Waals surface area contributed by atoms with Crippen LogP contribution in [-0.4, -0.2) is 80.3 Å². The van der Waals surface area contributed by atoms with Gasteiger partial charge in [-0.2, -0.15) is 0 Å². The lowest BCUT2D eigenvalue weighted by molar-refractivity contribution is -0.236. The van der Waals surface area contributed by atoms with E-state index in [4.69, 9.17) is 9.84 Å². The summed E-state index contributed by atoms with van der Waals surface area (Å²) in [5.74, 6) is -1.34. The number of hydrogen-bond acceptors (Lipinski definition) is 10. The summed E-state index contributed by atoms with van der Waals surface area (Å²) in [6, 6.07) is -1.21. The van der Waals surface area contributed by atoms with E-state index in [-0.39, 0.29) is 0 Å². The molecule has 0 unspecified atom stereocenters. The van der Waals surface area contributed by atoms with Crippen molar-refractivity contribution >= 4 is 23.8 Å². The molecule has 1 saturated heterocycles. The zero-order valence-electron chi connectivity index (χ0n) is 13.9. The van der Waals surface area contributed by atoms with Crippen LogP contribution < -0.4 is 10.6 Å². The number of aliphatic hydroxyl groups excluding tert-OH is 4. The second kappa shape index (κ2) is 8.87. The summed E-state index contributed by atoms with van der Waals surface area (Å²) in [5, 5.41) is 43.2. The molecule has 6 N–H and O–H groups in total. The third kappa shape index (κ3) is 5.33. The first-order chi connectivity index (χ1) is 11.5. The van der Waals surface area contributed by atoms with Gasteiger partial charge in [-0.05, 0) is 13.8 Å². The lowest BCUT2D eigenvalue weighted by atomic mass is 9.97. The maximum Gasteiger partial charge on any atom is 0.246 e. The molecular weight excluding hydrogens is 358 g/mol. The molecule has 1 fully saturated rings. The maximum atomic E-state index is 12.5. The third-order valence-corrected chi connectivity index (χ3v) is 4.54. The molecule has 25 heavy (non-hydrogen) atoms. The first-order valence-corrected chi connectivity index (χ1v) is 8.21. The molecule has 0 aromatic rings. The highest BCUT2D eigenvalue weighted by atomic mass is 32.2. The Bertz CT molecular complexity index is 504. The van der Waals surface area contributed by atoms with E-state index in [1.54, 1.807) is 0 Å². The number of nitrogens with one attached hydrogen (secondary N) is 2. The van der Waals surface area contributed by atoms with Gasteiger partial charge in [-0.1, -0.05) is 0 Å². The van der Waals surface area contributed by atoms with Gasteiger partial charge in [0.2, 0.25) is 11.8 Å². The van der Waals surface area contributed by atoms with Gasteiger partial charge in [0.15, 0.2) is 6.23 Å². The summed E-state index contributed by atoms with van der Waals surface area (Å²) >= 11 is 0.542. The quantitative estimate of drug-likeness (QED) is 0.207. The van der Waals surface area contributed by atoms with Gasteiger partial charge in [0.05, 0.1) is 11.4 Å². The van der Waals surface area contributed by atoms with Gasteiger partial charge < -0.3 is 35.8 Å². The van der Waals surface area contributed by atoms with Crippen LogP contribution in [0.25, 0.3) is 0 Å². The zero-order valence-corrected chi connectivity index (χ0v) is 14.8. The molecule has 0 saturated carbocycles. The number of nitrogens with zero attached hydrogens (tertiary/aromatic N) is 1. The Kier molecular flexibility index (Phi) is 7.71. The van der Waals surface area contributed by atoms with Crippen LogP contribution in [-0.2, 0) is 14.3 Å². The van der Waals surface area contributed by atoms with Gasteiger partial charge in [-0.3, -0.25) is 9.59 Å². The summed E-state index contributed by atoms with van der Waals surface area (Å²) in [5.41, 5.74) is 0. The summed E-state index contributed by atoms with van der Waals surface area (Å²) < 4.78 is 6.74. The van der Waals surface area contributed by atoms with Crippen molar-refractivity contribution in [2.75, 3.05) is 6.61 Å². The molecule has 0 radical (unpaired) electrons. The highest BCUT2D eigenvalue weighted by Crippen LogP contribution is 2.29. The Hall–Kier alpha value is -1.31.